The van der Waals surface area contributed by atoms with Gasteiger partial charge in [0.1, 0.15) is 0 Å². The Hall–Kier alpha value is -0.423. The summed E-state index contributed by atoms with van der Waals surface area (Å²) in [5.74, 6) is 0. The number of hydrogen-bond donors (Lipinski definition) is 1. The molecule has 0 unspecified atom stereocenters. The fourth-order valence-corrected chi connectivity index (χ4v) is 2.19. The van der Waals surface area contributed by atoms with Crippen molar-refractivity contribution in [2.24, 2.45) is 0 Å². The van der Waals surface area contributed by atoms with Crippen LogP contribution >= 0.6 is 0 Å². The summed E-state index contributed by atoms with van der Waals surface area (Å²) in [5, 5.41) is 6.50. The number of hydrogen-bond acceptors (Lipinski definition) is 4. The molecule has 0 spiro atoms. The van der Waals surface area contributed by atoms with Crippen LogP contribution in [0.2, 0.25) is 13.1 Å². The molecule has 0 rings (SSSR count). The minimum absolute atomic E-state index is 1.63. The van der Waals surface area contributed by atoms with Crippen molar-refractivity contribution < 1.29 is 16.8 Å². The maximum atomic E-state index is 9.81. The van der Waals surface area contributed by atoms with E-state index in [1.807, 2.05) is 0 Å². The van der Waals surface area contributed by atoms with Crippen LogP contribution in [0.1, 0.15) is 0 Å². The summed E-state index contributed by atoms with van der Waals surface area (Å²) in [7, 11) is -5.80. The summed E-state index contributed by atoms with van der Waals surface area (Å²) < 4.78 is 31.7. The Morgan fingerprint density at radius 2 is 1.80 bits per heavy atom. The first-order valence-electron chi connectivity index (χ1n) is 2.33. The smallest absolute Gasteiger partial charge is 0.298 e. The molecule has 5 nitrogen and oxygen atoms in total. The summed E-state index contributed by atoms with van der Waals surface area (Å²) in [5.41, 5.74) is 0. The van der Waals surface area contributed by atoms with E-state index in [1.165, 1.54) is 0 Å². The van der Waals surface area contributed by atoms with Crippen LogP contribution in [0.4, 0.5) is 0 Å². The van der Waals surface area contributed by atoms with Gasteiger partial charge in [-0.05, 0) is 13.1 Å². The predicted octanol–water partition coefficient (Wildman–Crippen LogP) is -0.0710. The van der Waals surface area contributed by atoms with Gasteiger partial charge in [0.05, 0.1) is 0 Å². The van der Waals surface area contributed by atoms with Crippen molar-refractivity contribution in [3.63, 3.8) is 0 Å². The first-order chi connectivity index (χ1) is 4.42. The van der Waals surface area contributed by atoms with Gasteiger partial charge in [0.2, 0.25) is 0 Å². The van der Waals surface area contributed by atoms with Crippen LogP contribution in [0.15, 0.2) is 0 Å². The lowest BCUT2D eigenvalue weighted by Crippen LogP contribution is -2.14. The van der Waals surface area contributed by atoms with Gasteiger partial charge in [-0.2, -0.15) is 8.42 Å². The van der Waals surface area contributed by atoms with Crippen LogP contribution in [0.5, 0.6) is 0 Å². The van der Waals surface area contributed by atoms with Crippen molar-refractivity contribution in [3.05, 3.63) is 0 Å². The van der Waals surface area contributed by atoms with E-state index >= 15 is 0 Å². The van der Waals surface area contributed by atoms with E-state index in [4.69, 9.17) is 9.81 Å². The highest BCUT2D eigenvalue weighted by Crippen LogP contribution is 1.89. The molecule has 0 aliphatic rings. The second-order valence-electron chi connectivity index (χ2n) is 1.57. The van der Waals surface area contributed by atoms with Gasteiger partial charge in [-0.3, -0.25) is 8.42 Å². The Kier molecular flexibility index (Phi) is 6.59. The lowest BCUT2D eigenvalue weighted by molar-refractivity contribution is 0.391. The molecule has 0 radical (unpaired) electrons. The molecule has 0 aromatic carbocycles. The lowest BCUT2D eigenvalue weighted by atomic mass is 11.9. The highest BCUT2D eigenvalue weighted by atomic mass is 32.3. The maximum absolute atomic E-state index is 9.81. The normalized spacial score (nSPS) is 10.2. The summed E-state index contributed by atoms with van der Waals surface area (Å²) >= 11 is 0. The fourth-order valence-electron chi connectivity index (χ4n) is 0.243. The molecule has 7 heteroatoms. The Labute approximate surface area is 61.9 Å². The number of nitrogens with zero attached hydrogens (tertiary/aromatic N) is 1. The van der Waals surface area contributed by atoms with Gasteiger partial charge in [0.15, 0.2) is 9.04 Å². The second-order valence-corrected chi connectivity index (χ2v) is 5.30. The quantitative estimate of drug-likeness (QED) is 0.478. The Morgan fingerprint density at radius 1 is 1.50 bits per heavy atom. The van der Waals surface area contributed by atoms with Crippen molar-refractivity contribution in [1.29, 1.82) is 5.26 Å². The van der Waals surface area contributed by atoms with Crippen LogP contribution in [-0.2, 0) is 14.3 Å². The van der Waals surface area contributed by atoms with E-state index in [2.05, 4.69) is 10.4 Å². The topological polar surface area (TPSA) is 87.4 Å². The molecule has 0 amide bonds. The molecular formula is C3H9NO4SSi. The van der Waals surface area contributed by atoms with Crippen LogP contribution in [0.25, 0.3) is 0 Å². The molecule has 0 atom stereocenters. The molecule has 0 saturated heterocycles. The Balaban J connectivity index is 0. The van der Waals surface area contributed by atoms with E-state index in [0.29, 0.717) is 0 Å². The third-order valence-corrected chi connectivity index (χ3v) is 2.83. The molecule has 0 heterocycles. The van der Waals surface area contributed by atoms with Crippen molar-refractivity contribution in [3.8, 4) is 6.57 Å². The van der Waals surface area contributed by atoms with Crippen LogP contribution in [0.3, 0.4) is 0 Å². The second kappa shape index (κ2) is 5.37. The highest BCUT2D eigenvalue weighted by Gasteiger charge is 2.06. The molecule has 0 fully saturated rings. The van der Waals surface area contributed by atoms with Crippen molar-refractivity contribution in [2.45, 2.75) is 13.1 Å². The monoisotopic (exact) mass is 183 g/mol. The van der Waals surface area contributed by atoms with E-state index in [0.717, 1.165) is 0 Å². The molecule has 0 aromatic rings. The maximum Gasteiger partial charge on any atom is 0.387 e. The van der Waals surface area contributed by atoms with Gasteiger partial charge >= 0.3 is 10.4 Å². The van der Waals surface area contributed by atoms with Gasteiger partial charge < -0.3 is 0 Å². The van der Waals surface area contributed by atoms with Crippen LogP contribution < -0.4 is 0 Å². The first kappa shape index (κ1) is 12.3. The lowest BCUT2D eigenvalue weighted by Gasteiger charge is -1.98. The summed E-state index contributed by atoms with van der Waals surface area (Å²) in [6, 6.07) is 0. The van der Waals surface area contributed by atoms with Gasteiger partial charge in [-0.1, -0.05) is 0 Å². The minimum atomic E-state index is -4.16. The highest BCUT2D eigenvalue weighted by molar-refractivity contribution is 7.81. The molecule has 0 bridgehead atoms. The molecule has 0 aromatic heterocycles. The van der Waals surface area contributed by atoms with Crippen molar-refractivity contribution in [2.75, 3.05) is 0 Å². The summed E-state index contributed by atoms with van der Waals surface area (Å²) in [4.78, 5) is 0. The van der Waals surface area contributed by atoms with Gasteiger partial charge in [0, 0.05) is 6.57 Å². The average Bonchev–Trinajstić information content (AvgIpc) is 1.64. The Bertz CT molecular complexity index is 184. The van der Waals surface area contributed by atoms with Crippen molar-refractivity contribution >= 4 is 19.4 Å². The zero-order valence-electron chi connectivity index (χ0n) is 5.68. The van der Waals surface area contributed by atoms with Gasteiger partial charge in [-0.15, -0.1) is 0 Å². The van der Waals surface area contributed by atoms with E-state index in [9.17, 15) is 8.42 Å². The van der Waals surface area contributed by atoms with E-state index in [-0.39, 0.29) is 0 Å². The Morgan fingerprint density at radius 3 is 1.80 bits per heavy atom. The standard InChI is InChI=1S/C2H8O4SSi.CHN/c1-8(2)6-7(3,4)5;1-2/h8H,1-2H3,(H,3,4,5);1H. The molecule has 1 N–H and O–H groups in total. The largest absolute Gasteiger partial charge is 0.387 e. The molecular weight excluding hydrogens is 174 g/mol. The van der Waals surface area contributed by atoms with E-state index in [1.54, 1.807) is 13.1 Å². The van der Waals surface area contributed by atoms with E-state index < -0.39 is 19.4 Å². The van der Waals surface area contributed by atoms with Crippen LogP contribution in [0, 0.1) is 11.8 Å². The summed E-state index contributed by atoms with van der Waals surface area (Å²) in [6.07, 6.45) is 0. The zero-order chi connectivity index (χ0) is 8.78. The molecule has 0 aliphatic heterocycles. The van der Waals surface area contributed by atoms with Crippen LogP contribution in [-0.4, -0.2) is 22.0 Å². The third-order valence-electron chi connectivity index (χ3n) is 0.314. The predicted molar refractivity (Wildman–Crippen MR) is 38.2 cm³/mol. The minimum Gasteiger partial charge on any atom is -0.298 e. The SMILES string of the molecule is C#N.C[SiH](C)OS(=O)(=O)O. The summed E-state index contributed by atoms with van der Waals surface area (Å²) in [6.45, 7) is 6.79. The fraction of sp³-hybridized carbons (Fsp3) is 0.667. The third kappa shape index (κ3) is 15.6. The average molecular weight is 183 g/mol. The molecule has 0 aliphatic carbocycles. The van der Waals surface area contributed by atoms with Gasteiger partial charge in [-0.25, -0.2) is 5.26 Å². The molecule has 0 saturated carbocycles. The van der Waals surface area contributed by atoms with Gasteiger partial charge in [0.25, 0.3) is 0 Å². The molecule has 10 heavy (non-hydrogen) atoms. The number of nitriles is 1. The molecule has 60 valence electrons. The van der Waals surface area contributed by atoms with Crippen molar-refractivity contribution in [1.82, 2.24) is 0 Å². The number of rotatable bonds is 2. The zero-order valence-corrected chi connectivity index (χ0v) is 7.65. The first-order valence-corrected chi connectivity index (χ1v) is 6.48.